The number of amidine groups is 1. The minimum atomic E-state index is -0.427. The third kappa shape index (κ3) is 4.38. The van der Waals surface area contributed by atoms with Gasteiger partial charge in [-0.1, -0.05) is 58.4 Å². The quantitative estimate of drug-likeness (QED) is 0.301. The van der Waals surface area contributed by atoms with Crippen molar-refractivity contribution in [3.63, 3.8) is 0 Å². The van der Waals surface area contributed by atoms with E-state index in [1.165, 1.54) is 23.4 Å². The molecule has 0 atom stereocenters. The van der Waals surface area contributed by atoms with Crippen LogP contribution in [0.15, 0.2) is 87.2 Å². The molecule has 0 radical (unpaired) electrons. The molecule has 1 N–H and O–H groups in total. The fraction of sp³-hybridized carbons (Fsp3) is 0.0769. The Morgan fingerprint density at radius 1 is 1.06 bits per heavy atom. The lowest BCUT2D eigenvalue weighted by atomic mass is 10.1. The van der Waals surface area contributed by atoms with E-state index < -0.39 is 5.82 Å². The van der Waals surface area contributed by atoms with Crippen LogP contribution in [0.1, 0.15) is 16.8 Å². The molecule has 4 aromatic rings. The summed E-state index contributed by atoms with van der Waals surface area (Å²) >= 11 is 4.71. The number of thioether (sulfide) groups is 1. The van der Waals surface area contributed by atoms with Crippen LogP contribution in [0, 0.1) is 12.7 Å². The van der Waals surface area contributed by atoms with Crippen LogP contribution in [0.3, 0.4) is 0 Å². The number of aliphatic imine (C=N–C) groups is 1. The normalized spacial score (nSPS) is 16.2. The average molecular weight is 520 g/mol. The maximum absolute atomic E-state index is 14.0. The Kier molecular flexibility index (Phi) is 5.91. The topological polar surface area (TPSA) is 46.4 Å². The van der Waals surface area contributed by atoms with Gasteiger partial charge in [-0.15, -0.1) is 0 Å². The molecular weight excluding hydrogens is 501 g/mol. The van der Waals surface area contributed by atoms with Gasteiger partial charge in [0.2, 0.25) is 0 Å². The molecule has 7 heteroatoms. The van der Waals surface area contributed by atoms with Crippen molar-refractivity contribution < 1.29 is 9.18 Å². The van der Waals surface area contributed by atoms with E-state index in [2.05, 4.69) is 62.0 Å². The van der Waals surface area contributed by atoms with Gasteiger partial charge in [-0.3, -0.25) is 4.79 Å². The maximum Gasteiger partial charge on any atom is 0.264 e. The predicted octanol–water partition coefficient (Wildman–Crippen LogP) is 6.79. The molecule has 0 bridgehead atoms. The number of nitrogens with one attached hydrogen (secondary N) is 1. The van der Waals surface area contributed by atoms with E-state index in [1.54, 1.807) is 18.2 Å². The summed E-state index contributed by atoms with van der Waals surface area (Å²) < 4.78 is 17.3. The molecule has 0 saturated carbocycles. The second kappa shape index (κ2) is 9.00. The average Bonchev–Trinajstić information content (AvgIpc) is 3.29. The van der Waals surface area contributed by atoms with Crippen molar-refractivity contribution in [2.75, 3.05) is 0 Å². The second-order valence-corrected chi connectivity index (χ2v) is 9.61. The number of amides is 1. The van der Waals surface area contributed by atoms with Gasteiger partial charge in [-0.05, 0) is 60.7 Å². The zero-order chi connectivity index (χ0) is 22.9. The van der Waals surface area contributed by atoms with Crippen LogP contribution in [0.2, 0.25) is 0 Å². The summed E-state index contributed by atoms with van der Waals surface area (Å²) in [6, 6.07) is 22.7. The fourth-order valence-electron chi connectivity index (χ4n) is 3.88. The van der Waals surface area contributed by atoms with Crippen molar-refractivity contribution in [1.29, 1.82) is 0 Å². The highest BCUT2D eigenvalue weighted by molar-refractivity contribution is 9.10. The van der Waals surface area contributed by atoms with E-state index in [-0.39, 0.29) is 11.6 Å². The van der Waals surface area contributed by atoms with Gasteiger partial charge >= 0.3 is 0 Å². The molecule has 0 aliphatic carbocycles. The van der Waals surface area contributed by atoms with Gasteiger partial charge in [0.25, 0.3) is 5.91 Å². The van der Waals surface area contributed by atoms with Crippen LogP contribution in [-0.4, -0.2) is 15.6 Å². The highest BCUT2D eigenvalue weighted by Gasteiger charge is 2.25. The highest BCUT2D eigenvalue weighted by Crippen LogP contribution is 2.34. The largest absolute Gasteiger partial charge is 0.340 e. The first-order chi connectivity index (χ1) is 16.0. The third-order valence-corrected chi connectivity index (χ3v) is 6.97. The second-order valence-electron chi connectivity index (χ2n) is 7.66. The van der Waals surface area contributed by atoms with E-state index in [9.17, 15) is 9.18 Å². The summed E-state index contributed by atoms with van der Waals surface area (Å²) in [5, 5.41) is 4.19. The Bertz CT molecular complexity index is 1440. The lowest BCUT2D eigenvalue weighted by molar-refractivity contribution is -0.115. The Labute approximate surface area is 203 Å². The standard InChI is InChI=1S/C26H19BrFN3OS/c1-16-20(14-24-25(32)30-26(33-24)29-22-8-4-3-7-21(22)28)19-6-2-5-9-23(19)31(16)15-17-10-12-18(27)13-11-17/h2-14H,15H2,1H3,(H,29,30,32)/b24-14-. The molecule has 164 valence electrons. The van der Waals surface area contributed by atoms with Crippen molar-refractivity contribution in [2.45, 2.75) is 13.5 Å². The number of carbonyl (C=O) groups is 1. The minimum Gasteiger partial charge on any atom is -0.340 e. The van der Waals surface area contributed by atoms with Crippen LogP contribution >= 0.6 is 27.7 Å². The number of hydrogen-bond donors (Lipinski definition) is 1. The number of para-hydroxylation sites is 2. The van der Waals surface area contributed by atoms with E-state index in [1.807, 2.05) is 30.3 Å². The number of hydrogen-bond acceptors (Lipinski definition) is 3. The van der Waals surface area contributed by atoms with Crippen molar-refractivity contribution >= 4 is 61.4 Å². The summed E-state index contributed by atoms with van der Waals surface area (Å²) in [5.41, 5.74) is 4.55. The molecule has 1 saturated heterocycles. The van der Waals surface area contributed by atoms with Crippen molar-refractivity contribution in [3.05, 3.63) is 105 Å². The number of aromatic nitrogens is 1. The molecule has 1 aromatic heterocycles. The number of nitrogens with zero attached hydrogens (tertiary/aromatic N) is 2. The monoisotopic (exact) mass is 519 g/mol. The van der Waals surface area contributed by atoms with Crippen molar-refractivity contribution in [3.8, 4) is 0 Å². The Morgan fingerprint density at radius 2 is 1.79 bits per heavy atom. The summed E-state index contributed by atoms with van der Waals surface area (Å²) in [7, 11) is 0. The van der Waals surface area contributed by atoms with E-state index in [0.717, 1.165) is 33.2 Å². The van der Waals surface area contributed by atoms with E-state index in [0.29, 0.717) is 10.1 Å². The van der Waals surface area contributed by atoms with Crippen molar-refractivity contribution in [1.82, 2.24) is 9.88 Å². The Morgan fingerprint density at radius 3 is 2.58 bits per heavy atom. The van der Waals surface area contributed by atoms with E-state index in [4.69, 9.17) is 0 Å². The van der Waals surface area contributed by atoms with Crippen LogP contribution < -0.4 is 5.32 Å². The molecule has 33 heavy (non-hydrogen) atoms. The van der Waals surface area contributed by atoms with E-state index >= 15 is 0 Å². The molecule has 3 aromatic carbocycles. The first kappa shape index (κ1) is 21.7. The lowest BCUT2D eigenvalue weighted by Gasteiger charge is -2.09. The van der Waals surface area contributed by atoms with Gasteiger partial charge in [0.05, 0.1) is 4.91 Å². The molecular formula is C26H19BrFN3OS. The predicted molar refractivity (Wildman–Crippen MR) is 137 cm³/mol. The maximum atomic E-state index is 14.0. The molecule has 1 fully saturated rings. The molecule has 0 unspecified atom stereocenters. The first-order valence-electron chi connectivity index (χ1n) is 10.4. The highest BCUT2D eigenvalue weighted by atomic mass is 79.9. The van der Waals surface area contributed by atoms with Gasteiger partial charge in [0.15, 0.2) is 5.17 Å². The zero-order valence-electron chi connectivity index (χ0n) is 17.7. The van der Waals surface area contributed by atoms with Crippen LogP contribution in [0.5, 0.6) is 0 Å². The van der Waals surface area contributed by atoms with Gasteiger partial charge in [-0.2, -0.15) is 0 Å². The third-order valence-electron chi connectivity index (χ3n) is 5.53. The van der Waals surface area contributed by atoms with Crippen molar-refractivity contribution in [2.24, 2.45) is 4.99 Å². The molecule has 1 amide bonds. The summed E-state index contributed by atoms with van der Waals surface area (Å²) in [5.74, 6) is -0.664. The number of halogens is 2. The molecule has 1 aliphatic heterocycles. The van der Waals surface area contributed by atoms with Crippen LogP contribution in [0.4, 0.5) is 10.1 Å². The smallest absolute Gasteiger partial charge is 0.264 e. The van der Waals surface area contributed by atoms with Gasteiger partial charge in [-0.25, -0.2) is 9.38 Å². The SMILES string of the molecule is Cc1c(/C=C2\SC(=Nc3ccccc3F)NC2=O)c2ccccc2n1Cc1ccc(Br)cc1. The van der Waals surface area contributed by atoms with Gasteiger partial charge in [0, 0.05) is 33.2 Å². The van der Waals surface area contributed by atoms with Gasteiger partial charge in [0.1, 0.15) is 11.5 Å². The molecule has 5 rings (SSSR count). The zero-order valence-corrected chi connectivity index (χ0v) is 20.1. The molecule has 0 spiro atoms. The molecule has 4 nitrogen and oxygen atoms in total. The van der Waals surface area contributed by atoms with Crippen LogP contribution in [-0.2, 0) is 11.3 Å². The van der Waals surface area contributed by atoms with Crippen LogP contribution in [0.25, 0.3) is 17.0 Å². The Balaban J connectivity index is 1.52. The number of benzene rings is 3. The molecule has 2 heterocycles. The summed E-state index contributed by atoms with van der Waals surface area (Å²) in [6.45, 7) is 2.79. The number of fused-ring (bicyclic) bond motifs is 1. The first-order valence-corrected chi connectivity index (χ1v) is 12.0. The number of rotatable bonds is 4. The Hall–Kier alpha value is -3.16. The molecule has 1 aliphatic rings. The minimum absolute atomic E-state index is 0.198. The lowest BCUT2D eigenvalue weighted by Crippen LogP contribution is -2.19. The summed E-state index contributed by atoms with van der Waals surface area (Å²) in [6.07, 6.45) is 1.90. The number of carbonyl (C=O) groups excluding carboxylic acids is 1. The fourth-order valence-corrected chi connectivity index (χ4v) is 4.96. The van der Waals surface area contributed by atoms with Gasteiger partial charge < -0.3 is 9.88 Å². The summed E-state index contributed by atoms with van der Waals surface area (Å²) in [4.78, 5) is 17.5.